The smallest absolute Gasteiger partial charge is 0.148 e. The van der Waals surface area contributed by atoms with Gasteiger partial charge in [-0.1, -0.05) is 0 Å². The molecule has 11 heavy (non-hydrogen) atoms. The van der Waals surface area contributed by atoms with Gasteiger partial charge in [-0.2, -0.15) is 11.8 Å². The first-order valence-electron chi connectivity index (χ1n) is 3.17. The van der Waals surface area contributed by atoms with Crippen LogP contribution < -0.4 is 0 Å². The third kappa shape index (κ3) is 9.97. The van der Waals surface area contributed by atoms with Crippen LogP contribution in [0.25, 0.3) is 0 Å². The van der Waals surface area contributed by atoms with E-state index in [1.807, 2.05) is 0 Å². The van der Waals surface area contributed by atoms with Gasteiger partial charge in [-0.05, 0) is 6.92 Å². The highest BCUT2D eigenvalue weighted by Crippen LogP contribution is 2.00. The molecule has 5 heteroatoms. The molecule has 0 spiro atoms. The van der Waals surface area contributed by atoms with Gasteiger partial charge in [-0.15, -0.1) is 0 Å². The number of sulfone groups is 1. The van der Waals surface area contributed by atoms with Crippen molar-refractivity contribution in [3.63, 3.8) is 0 Å². The molecule has 3 nitrogen and oxygen atoms in total. The van der Waals surface area contributed by atoms with E-state index < -0.39 is 9.84 Å². The topological polar surface area (TPSA) is 51.2 Å². The lowest BCUT2D eigenvalue weighted by molar-refractivity contribution is -0.114. The molecule has 0 rings (SSSR count). The summed E-state index contributed by atoms with van der Waals surface area (Å²) in [6.07, 6.45) is 1.20. The van der Waals surface area contributed by atoms with E-state index in [4.69, 9.17) is 0 Å². The van der Waals surface area contributed by atoms with Crippen molar-refractivity contribution in [2.45, 2.75) is 6.92 Å². The number of carbonyl (C=O) groups excluding carboxylic acids is 1. The summed E-state index contributed by atoms with van der Waals surface area (Å²) in [5, 5.41) is 0. The third-order valence-electron chi connectivity index (χ3n) is 0.904. The zero-order valence-electron chi connectivity index (χ0n) is 6.66. The van der Waals surface area contributed by atoms with Crippen molar-refractivity contribution in [1.82, 2.24) is 0 Å². The molecule has 0 aliphatic heterocycles. The number of Topliss-reactive ketones (excluding diaryl/α,β-unsaturated/α-hetero) is 1. The third-order valence-corrected chi connectivity index (χ3v) is 3.21. The molecule has 0 fully saturated rings. The van der Waals surface area contributed by atoms with E-state index in [0.29, 0.717) is 11.5 Å². The van der Waals surface area contributed by atoms with E-state index in [-0.39, 0.29) is 11.5 Å². The monoisotopic (exact) mass is 196 g/mol. The van der Waals surface area contributed by atoms with Gasteiger partial charge >= 0.3 is 0 Å². The van der Waals surface area contributed by atoms with Gasteiger partial charge < -0.3 is 0 Å². The number of hydrogen-bond acceptors (Lipinski definition) is 4. The fourth-order valence-electron chi connectivity index (χ4n) is 0.426. The fraction of sp³-hybridized carbons (Fsp3) is 0.833. The Labute approximate surface area is 71.5 Å². The summed E-state index contributed by atoms with van der Waals surface area (Å²) in [5.41, 5.74) is 0. The van der Waals surface area contributed by atoms with Crippen LogP contribution in [0.2, 0.25) is 0 Å². The summed E-state index contributed by atoms with van der Waals surface area (Å²) in [5.74, 6) is 1.17. The molecule has 0 saturated carbocycles. The standard InChI is InChI=1S/C6H12O3S2/c1-6(7)5-10-3-4-11(2,8)9/h3-5H2,1-2H3. The highest BCUT2D eigenvalue weighted by atomic mass is 32.2. The molecule has 0 N–H and O–H groups in total. The molecule has 0 aromatic carbocycles. The molecule has 0 aliphatic carbocycles. The van der Waals surface area contributed by atoms with E-state index >= 15 is 0 Å². The van der Waals surface area contributed by atoms with Gasteiger partial charge in [-0.3, -0.25) is 4.79 Å². The first kappa shape index (κ1) is 11.0. The number of ketones is 1. The summed E-state index contributed by atoms with van der Waals surface area (Å²) in [6, 6.07) is 0. The largest absolute Gasteiger partial charge is 0.299 e. The van der Waals surface area contributed by atoms with Crippen molar-refractivity contribution < 1.29 is 13.2 Å². The van der Waals surface area contributed by atoms with Gasteiger partial charge in [0.05, 0.1) is 11.5 Å². The van der Waals surface area contributed by atoms with Gasteiger partial charge in [0, 0.05) is 12.0 Å². The quantitative estimate of drug-likeness (QED) is 0.595. The Bertz CT molecular complexity index is 218. The zero-order valence-corrected chi connectivity index (χ0v) is 8.30. The summed E-state index contributed by atoms with van der Waals surface area (Å²) in [6.45, 7) is 1.49. The Morgan fingerprint density at radius 3 is 2.36 bits per heavy atom. The van der Waals surface area contributed by atoms with Crippen molar-refractivity contribution in [2.75, 3.05) is 23.5 Å². The van der Waals surface area contributed by atoms with E-state index in [1.54, 1.807) is 0 Å². The Hall–Kier alpha value is -0.0300. The van der Waals surface area contributed by atoms with Crippen LogP contribution in [0.3, 0.4) is 0 Å². The van der Waals surface area contributed by atoms with Gasteiger partial charge in [0.15, 0.2) is 0 Å². The molecular weight excluding hydrogens is 184 g/mol. The summed E-state index contributed by atoms with van der Waals surface area (Å²) in [4.78, 5) is 10.4. The summed E-state index contributed by atoms with van der Waals surface area (Å²) >= 11 is 1.36. The minimum Gasteiger partial charge on any atom is -0.299 e. The predicted octanol–water partition coefficient (Wildman–Crippen LogP) is 0.353. The molecule has 0 amide bonds. The molecule has 0 aliphatic rings. The second-order valence-corrected chi connectivity index (χ2v) is 5.75. The maximum atomic E-state index is 10.6. The van der Waals surface area contributed by atoms with Gasteiger partial charge in [-0.25, -0.2) is 8.42 Å². The van der Waals surface area contributed by atoms with Crippen LogP contribution in [0.1, 0.15) is 6.92 Å². The van der Waals surface area contributed by atoms with Crippen LogP contribution in [0.5, 0.6) is 0 Å². The molecule has 0 unspecified atom stereocenters. The molecule has 0 atom stereocenters. The van der Waals surface area contributed by atoms with Crippen LogP contribution in [-0.4, -0.2) is 37.7 Å². The molecule has 0 bridgehead atoms. The molecule has 0 aromatic rings. The van der Waals surface area contributed by atoms with E-state index in [9.17, 15) is 13.2 Å². The van der Waals surface area contributed by atoms with Crippen molar-refractivity contribution in [3.05, 3.63) is 0 Å². The van der Waals surface area contributed by atoms with Crippen molar-refractivity contribution in [2.24, 2.45) is 0 Å². The Morgan fingerprint density at radius 2 is 2.00 bits per heavy atom. The first-order chi connectivity index (χ1) is 4.92. The van der Waals surface area contributed by atoms with Crippen molar-refractivity contribution >= 4 is 27.4 Å². The molecular formula is C6H12O3S2. The normalized spacial score (nSPS) is 11.5. The van der Waals surface area contributed by atoms with Crippen molar-refractivity contribution in [1.29, 1.82) is 0 Å². The van der Waals surface area contributed by atoms with Crippen LogP contribution in [-0.2, 0) is 14.6 Å². The predicted molar refractivity (Wildman–Crippen MR) is 47.7 cm³/mol. The lowest BCUT2D eigenvalue weighted by Crippen LogP contribution is -2.06. The van der Waals surface area contributed by atoms with Crippen molar-refractivity contribution in [3.8, 4) is 0 Å². The fourth-order valence-corrected chi connectivity index (χ4v) is 2.54. The Morgan fingerprint density at radius 1 is 1.45 bits per heavy atom. The van der Waals surface area contributed by atoms with Gasteiger partial charge in [0.25, 0.3) is 0 Å². The minimum atomic E-state index is -2.85. The molecule has 0 aromatic heterocycles. The second-order valence-electron chi connectivity index (χ2n) is 2.38. The van der Waals surface area contributed by atoms with Gasteiger partial charge in [0.2, 0.25) is 0 Å². The maximum absolute atomic E-state index is 10.6. The lowest BCUT2D eigenvalue weighted by Gasteiger charge is -1.96. The Balaban J connectivity index is 3.37. The van der Waals surface area contributed by atoms with E-state index in [2.05, 4.69) is 0 Å². The van der Waals surface area contributed by atoms with E-state index in [0.717, 1.165) is 0 Å². The molecule has 0 saturated heterocycles. The highest BCUT2D eigenvalue weighted by Gasteiger charge is 2.01. The summed E-state index contributed by atoms with van der Waals surface area (Å²) < 4.78 is 21.2. The maximum Gasteiger partial charge on any atom is 0.148 e. The SMILES string of the molecule is CC(=O)CSCCS(C)(=O)=O. The average Bonchev–Trinajstić information content (AvgIpc) is 1.78. The van der Waals surface area contributed by atoms with E-state index in [1.165, 1.54) is 24.9 Å². The van der Waals surface area contributed by atoms with Crippen LogP contribution in [0.4, 0.5) is 0 Å². The molecule has 66 valence electrons. The number of rotatable bonds is 5. The van der Waals surface area contributed by atoms with Crippen LogP contribution in [0, 0.1) is 0 Å². The van der Waals surface area contributed by atoms with Crippen LogP contribution in [0.15, 0.2) is 0 Å². The Kier molecular flexibility index (Phi) is 4.76. The zero-order chi connectivity index (χ0) is 8.91. The van der Waals surface area contributed by atoms with Gasteiger partial charge in [0.1, 0.15) is 15.6 Å². The highest BCUT2D eigenvalue weighted by molar-refractivity contribution is 8.01. The number of hydrogen-bond donors (Lipinski definition) is 0. The minimum absolute atomic E-state index is 0.0866. The average molecular weight is 196 g/mol. The lowest BCUT2D eigenvalue weighted by atomic mass is 10.5. The number of thioether (sulfide) groups is 1. The number of carbonyl (C=O) groups is 1. The summed E-state index contributed by atoms with van der Waals surface area (Å²) in [7, 11) is -2.85. The second kappa shape index (κ2) is 4.77. The molecule has 0 radical (unpaired) electrons. The first-order valence-corrected chi connectivity index (χ1v) is 6.38. The van der Waals surface area contributed by atoms with Crippen LogP contribution >= 0.6 is 11.8 Å². The molecule has 0 heterocycles.